The number of carbonyl (C=O) groups excluding carboxylic acids is 3. The quantitative estimate of drug-likeness (QED) is 0.789. The third-order valence-electron chi connectivity index (χ3n) is 3.26. The van der Waals surface area contributed by atoms with Gasteiger partial charge in [0.2, 0.25) is 0 Å². The summed E-state index contributed by atoms with van der Waals surface area (Å²) in [6, 6.07) is 1.55. The fourth-order valence-electron chi connectivity index (χ4n) is 2.15. The molecule has 0 aliphatic rings. The van der Waals surface area contributed by atoms with Crippen LogP contribution in [0.5, 0.6) is 0 Å². The van der Waals surface area contributed by atoms with Gasteiger partial charge in [0.25, 0.3) is 5.91 Å². The van der Waals surface area contributed by atoms with Crippen molar-refractivity contribution >= 4 is 34.2 Å². The molecule has 0 aliphatic carbocycles. The molecule has 2 rings (SSSR count). The normalized spacial score (nSPS) is 10.4. The minimum Gasteiger partial charge on any atom is -0.462 e. The largest absolute Gasteiger partial charge is 0.462 e. The zero-order valence-corrected chi connectivity index (χ0v) is 15.2. The molecule has 134 valence electrons. The van der Waals surface area contributed by atoms with Crippen molar-refractivity contribution in [3.8, 4) is 0 Å². The lowest BCUT2D eigenvalue weighted by molar-refractivity contribution is 0.0527. The standard InChI is InChI=1S/C16H19N3O5S/c1-5-23-15(21)11-9(3)12(16(22)24-6-2)25-14(11)17-13(20)10-7-8-19(4)18-10/h7-8H,5-6H2,1-4H3,(H,17,20). The second kappa shape index (κ2) is 7.93. The number of aromatic nitrogens is 2. The number of hydrogen-bond acceptors (Lipinski definition) is 7. The number of hydrogen-bond donors (Lipinski definition) is 1. The van der Waals surface area contributed by atoms with Gasteiger partial charge in [-0.3, -0.25) is 9.48 Å². The number of anilines is 1. The van der Waals surface area contributed by atoms with Crippen molar-refractivity contribution in [2.24, 2.45) is 7.05 Å². The van der Waals surface area contributed by atoms with E-state index < -0.39 is 17.8 Å². The lowest BCUT2D eigenvalue weighted by Crippen LogP contribution is -2.15. The van der Waals surface area contributed by atoms with E-state index in [1.807, 2.05) is 0 Å². The molecule has 0 aromatic carbocycles. The Labute approximate surface area is 148 Å². The summed E-state index contributed by atoms with van der Waals surface area (Å²) >= 11 is 0.976. The number of ether oxygens (including phenoxy) is 2. The Hall–Kier alpha value is -2.68. The molecule has 0 spiro atoms. The summed E-state index contributed by atoms with van der Waals surface area (Å²) in [6.45, 7) is 5.37. The molecule has 0 atom stereocenters. The lowest BCUT2D eigenvalue weighted by atomic mass is 10.1. The second-order valence-electron chi connectivity index (χ2n) is 5.03. The summed E-state index contributed by atoms with van der Waals surface area (Å²) in [5.41, 5.74) is 0.762. The Morgan fingerprint density at radius 2 is 1.84 bits per heavy atom. The molecule has 0 saturated carbocycles. The van der Waals surface area contributed by atoms with Crippen molar-refractivity contribution in [2.45, 2.75) is 20.8 Å². The summed E-state index contributed by atoms with van der Waals surface area (Å²) in [5.74, 6) is -1.64. The summed E-state index contributed by atoms with van der Waals surface area (Å²) in [7, 11) is 1.69. The minimum atomic E-state index is -0.608. The molecular weight excluding hydrogens is 346 g/mol. The van der Waals surface area contributed by atoms with Gasteiger partial charge in [0, 0.05) is 13.2 Å². The topological polar surface area (TPSA) is 99.5 Å². The van der Waals surface area contributed by atoms with Crippen molar-refractivity contribution < 1.29 is 23.9 Å². The number of esters is 2. The van der Waals surface area contributed by atoms with Crippen LogP contribution in [-0.2, 0) is 16.5 Å². The first-order valence-electron chi connectivity index (χ1n) is 7.67. The Morgan fingerprint density at radius 1 is 1.20 bits per heavy atom. The van der Waals surface area contributed by atoms with E-state index in [0.717, 1.165) is 11.3 Å². The highest BCUT2D eigenvalue weighted by Gasteiger charge is 2.27. The maximum absolute atomic E-state index is 12.3. The molecule has 25 heavy (non-hydrogen) atoms. The molecule has 0 fully saturated rings. The van der Waals surface area contributed by atoms with Crippen molar-refractivity contribution in [1.29, 1.82) is 0 Å². The average Bonchev–Trinajstić information content (AvgIpc) is 3.12. The van der Waals surface area contributed by atoms with Crippen LogP contribution in [0.1, 0.15) is 49.9 Å². The summed E-state index contributed by atoms with van der Waals surface area (Å²) in [6.07, 6.45) is 1.63. The van der Waals surface area contributed by atoms with Crippen molar-refractivity contribution in [3.63, 3.8) is 0 Å². The van der Waals surface area contributed by atoms with Gasteiger partial charge in [0.15, 0.2) is 5.69 Å². The molecule has 2 aromatic rings. The van der Waals surface area contributed by atoms with Gasteiger partial charge in [-0.1, -0.05) is 0 Å². The molecule has 0 radical (unpaired) electrons. The Balaban J connectivity index is 2.40. The van der Waals surface area contributed by atoms with Crippen LogP contribution >= 0.6 is 11.3 Å². The molecule has 0 saturated heterocycles. The Bertz CT molecular complexity index is 809. The van der Waals surface area contributed by atoms with Gasteiger partial charge >= 0.3 is 11.9 Å². The predicted molar refractivity (Wildman–Crippen MR) is 92.1 cm³/mol. The van der Waals surface area contributed by atoms with E-state index in [0.29, 0.717) is 5.56 Å². The fraction of sp³-hybridized carbons (Fsp3) is 0.375. The van der Waals surface area contributed by atoms with Crippen molar-refractivity contribution in [1.82, 2.24) is 9.78 Å². The van der Waals surface area contributed by atoms with Crippen molar-refractivity contribution in [3.05, 3.63) is 34.0 Å². The number of nitrogens with one attached hydrogen (secondary N) is 1. The highest BCUT2D eigenvalue weighted by atomic mass is 32.1. The molecule has 1 N–H and O–H groups in total. The van der Waals surface area contributed by atoms with Crippen LogP contribution < -0.4 is 5.32 Å². The third kappa shape index (κ3) is 4.05. The van der Waals surface area contributed by atoms with E-state index in [4.69, 9.17) is 9.47 Å². The maximum atomic E-state index is 12.3. The zero-order valence-electron chi connectivity index (χ0n) is 14.4. The second-order valence-corrected chi connectivity index (χ2v) is 6.05. The highest BCUT2D eigenvalue weighted by Crippen LogP contribution is 2.34. The monoisotopic (exact) mass is 365 g/mol. The van der Waals surface area contributed by atoms with E-state index in [1.54, 1.807) is 40.1 Å². The number of rotatable bonds is 6. The Kier molecular flexibility index (Phi) is 5.92. The lowest BCUT2D eigenvalue weighted by Gasteiger charge is -2.06. The molecular formula is C16H19N3O5S. The van der Waals surface area contributed by atoms with Crippen LogP contribution in [0, 0.1) is 6.92 Å². The molecule has 0 bridgehead atoms. The third-order valence-corrected chi connectivity index (χ3v) is 4.45. The number of aryl methyl sites for hydroxylation is 1. The Morgan fingerprint density at radius 3 is 2.40 bits per heavy atom. The van der Waals surface area contributed by atoms with Gasteiger partial charge in [0.05, 0.1) is 18.8 Å². The van der Waals surface area contributed by atoms with Crippen LogP contribution in [0.15, 0.2) is 12.3 Å². The molecule has 0 aliphatic heterocycles. The van der Waals surface area contributed by atoms with Gasteiger partial charge in [-0.05, 0) is 32.4 Å². The molecule has 2 heterocycles. The minimum absolute atomic E-state index is 0.152. The van der Waals surface area contributed by atoms with Gasteiger partial charge in [-0.25, -0.2) is 9.59 Å². The molecule has 0 unspecified atom stereocenters. The fourth-order valence-corrected chi connectivity index (χ4v) is 3.23. The first kappa shape index (κ1) is 18.7. The van der Waals surface area contributed by atoms with E-state index in [1.165, 1.54) is 4.68 Å². The van der Waals surface area contributed by atoms with E-state index in [2.05, 4.69) is 10.4 Å². The smallest absolute Gasteiger partial charge is 0.348 e. The number of nitrogens with zero attached hydrogens (tertiary/aromatic N) is 2. The van der Waals surface area contributed by atoms with Gasteiger partial charge in [-0.15, -0.1) is 11.3 Å². The van der Waals surface area contributed by atoms with E-state index >= 15 is 0 Å². The van der Waals surface area contributed by atoms with E-state index in [-0.39, 0.29) is 34.3 Å². The van der Waals surface area contributed by atoms with Gasteiger partial charge in [-0.2, -0.15) is 5.10 Å². The average molecular weight is 365 g/mol. The van der Waals surface area contributed by atoms with Crippen LogP contribution in [0.4, 0.5) is 5.00 Å². The number of thiophene rings is 1. The van der Waals surface area contributed by atoms with Crippen LogP contribution in [0.25, 0.3) is 0 Å². The van der Waals surface area contributed by atoms with Crippen LogP contribution in [0.3, 0.4) is 0 Å². The van der Waals surface area contributed by atoms with E-state index in [9.17, 15) is 14.4 Å². The van der Waals surface area contributed by atoms with Crippen LogP contribution in [0.2, 0.25) is 0 Å². The molecule has 1 amide bonds. The summed E-state index contributed by atoms with van der Waals surface area (Å²) < 4.78 is 11.5. The SMILES string of the molecule is CCOC(=O)c1sc(NC(=O)c2ccn(C)n2)c(C(=O)OCC)c1C. The number of carbonyl (C=O) groups is 3. The predicted octanol–water partition coefficient (Wildman–Crippen LogP) is 2.40. The molecule has 8 nitrogen and oxygen atoms in total. The molecule has 2 aromatic heterocycles. The summed E-state index contributed by atoms with van der Waals surface area (Å²) in [4.78, 5) is 36.9. The summed E-state index contributed by atoms with van der Waals surface area (Å²) in [5, 5.41) is 6.88. The molecule has 9 heteroatoms. The van der Waals surface area contributed by atoms with Gasteiger partial charge < -0.3 is 14.8 Å². The first-order chi connectivity index (χ1) is 11.9. The number of amides is 1. The highest BCUT2D eigenvalue weighted by molar-refractivity contribution is 7.18. The maximum Gasteiger partial charge on any atom is 0.348 e. The van der Waals surface area contributed by atoms with Crippen LogP contribution in [-0.4, -0.2) is 40.8 Å². The first-order valence-corrected chi connectivity index (χ1v) is 8.49. The zero-order chi connectivity index (χ0) is 18.6. The van der Waals surface area contributed by atoms with Gasteiger partial charge in [0.1, 0.15) is 9.88 Å². The van der Waals surface area contributed by atoms with Crippen molar-refractivity contribution in [2.75, 3.05) is 18.5 Å².